The highest BCUT2D eigenvalue weighted by Gasteiger charge is 2.22. The lowest BCUT2D eigenvalue weighted by Crippen LogP contribution is -2.34. The summed E-state index contributed by atoms with van der Waals surface area (Å²) in [5, 5.41) is 12.2. The largest absolute Gasteiger partial charge is 0.315 e. The van der Waals surface area contributed by atoms with Gasteiger partial charge in [-0.1, -0.05) is 30.3 Å². The molecule has 1 aliphatic heterocycles. The van der Waals surface area contributed by atoms with E-state index in [1.807, 2.05) is 6.07 Å². The molecule has 2 rings (SSSR count). The van der Waals surface area contributed by atoms with E-state index in [4.69, 9.17) is 5.26 Å². The second-order valence-electron chi connectivity index (χ2n) is 3.83. The first-order chi connectivity index (χ1) is 6.90. The monoisotopic (exact) mass is 186 g/mol. The first-order valence-corrected chi connectivity index (χ1v) is 5.05. The smallest absolute Gasteiger partial charge is 0.0669 e. The lowest BCUT2D eigenvalue weighted by atomic mass is 9.86. The van der Waals surface area contributed by atoms with Gasteiger partial charge in [-0.3, -0.25) is 0 Å². The summed E-state index contributed by atoms with van der Waals surface area (Å²) in [4.78, 5) is 0. The first kappa shape index (κ1) is 9.23. The van der Waals surface area contributed by atoms with Crippen LogP contribution in [0.2, 0.25) is 0 Å². The van der Waals surface area contributed by atoms with Crippen molar-refractivity contribution in [1.82, 2.24) is 5.32 Å². The number of piperidine rings is 1. The van der Waals surface area contributed by atoms with Gasteiger partial charge >= 0.3 is 0 Å². The minimum atomic E-state index is 0.175. The summed E-state index contributed by atoms with van der Waals surface area (Å²) in [5.74, 6) is 0.684. The maximum atomic E-state index is 8.87. The first-order valence-electron chi connectivity index (χ1n) is 5.05. The predicted molar refractivity (Wildman–Crippen MR) is 55.8 cm³/mol. The molecule has 2 unspecified atom stereocenters. The molecule has 0 aromatic heterocycles. The number of nitrogens with zero attached hydrogens (tertiary/aromatic N) is 1. The van der Waals surface area contributed by atoms with Crippen molar-refractivity contribution >= 4 is 0 Å². The topological polar surface area (TPSA) is 35.8 Å². The number of rotatable bonds is 1. The molecule has 0 radical (unpaired) electrons. The molecule has 1 N–H and O–H groups in total. The highest BCUT2D eigenvalue weighted by Crippen LogP contribution is 2.25. The maximum Gasteiger partial charge on any atom is 0.0669 e. The fourth-order valence-corrected chi connectivity index (χ4v) is 2.02. The number of nitrogens with one attached hydrogen (secondary N) is 1. The lowest BCUT2D eigenvalue weighted by Gasteiger charge is -2.26. The zero-order valence-corrected chi connectivity index (χ0v) is 8.11. The summed E-state index contributed by atoms with van der Waals surface area (Å²) in [7, 11) is 0. The Morgan fingerprint density at radius 1 is 1.21 bits per heavy atom. The second-order valence-corrected chi connectivity index (χ2v) is 3.83. The molecule has 0 bridgehead atoms. The lowest BCUT2D eigenvalue weighted by molar-refractivity contribution is 0.399. The van der Waals surface area contributed by atoms with Crippen molar-refractivity contribution in [3.8, 4) is 6.07 Å². The third kappa shape index (κ3) is 1.94. The van der Waals surface area contributed by atoms with Crippen molar-refractivity contribution in [3.63, 3.8) is 0 Å². The summed E-state index contributed by atoms with van der Waals surface area (Å²) < 4.78 is 0. The van der Waals surface area contributed by atoms with Gasteiger partial charge in [-0.25, -0.2) is 0 Å². The second kappa shape index (κ2) is 4.26. The Morgan fingerprint density at radius 2 is 2.00 bits per heavy atom. The molecule has 1 aliphatic rings. The van der Waals surface area contributed by atoms with Crippen LogP contribution in [0.3, 0.4) is 0 Å². The minimum Gasteiger partial charge on any atom is -0.315 e. The van der Waals surface area contributed by atoms with Crippen LogP contribution in [0.4, 0.5) is 0 Å². The van der Waals surface area contributed by atoms with Crippen LogP contribution in [-0.2, 0) is 0 Å². The van der Waals surface area contributed by atoms with Gasteiger partial charge in [-0.2, -0.15) is 5.26 Å². The highest BCUT2D eigenvalue weighted by atomic mass is 14.9. The van der Waals surface area contributed by atoms with Crippen molar-refractivity contribution < 1.29 is 0 Å². The quantitative estimate of drug-likeness (QED) is 0.727. The van der Waals surface area contributed by atoms with Crippen LogP contribution in [0.15, 0.2) is 30.3 Å². The van der Waals surface area contributed by atoms with Gasteiger partial charge in [0.05, 0.1) is 12.0 Å². The summed E-state index contributed by atoms with van der Waals surface area (Å²) >= 11 is 0. The highest BCUT2D eigenvalue weighted by molar-refractivity contribution is 5.21. The fourth-order valence-electron chi connectivity index (χ4n) is 2.02. The summed E-state index contributed by atoms with van der Waals surface area (Å²) in [6.45, 7) is 1.85. The fraction of sp³-hybridized carbons (Fsp3) is 0.417. The Balaban J connectivity index is 2.09. The van der Waals surface area contributed by atoms with Gasteiger partial charge in [0.15, 0.2) is 0 Å². The Bertz CT molecular complexity index is 326. The van der Waals surface area contributed by atoms with Crippen LogP contribution in [0.25, 0.3) is 0 Å². The van der Waals surface area contributed by atoms with Gasteiger partial charge in [-0.05, 0) is 17.9 Å². The van der Waals surface area contributed by atoms with Crippen LogP contribution in [-0.4, -0.2) is 13.1 Å². The number of benzene rings is 1. The maximum absolute atomic E-state index is 8.87. The van der Waals surface area contributed by atoms with Gasteiger partial charge in [0.2, 0.25) is 0 Å². The molecule has 2 nitrogen and oxygen atoms in total. The molecule has 1 fully saturated rings. The molecule has 2 atom stereocenters. The van der Waals surface area contributed by atoms with Gasteiger partial charge < -0.3 is 5.32 Å². The standard InChI is InChI=1S/C12H14N2/c13-7-10-6-12(9-14-8-10)11-4-2-1-3-5-11/h1-5,10,12,14H,6,8-9H2. The molecule has 1 heterocycles. The predicted octanol–water partition coefficient (Wildman–Crippen LogP) is 1.90. The molecular formula is C12H14N2. The molecule has 1 saturated heterocycles. The zero-order valence-electron chi connectivity index (χ0n) is 8.11. The number of nitriles is 1. The van der Waals surface area contributed by atoms with E-state index in [0.717, 1.165) is 19.5 Å². The summed E-state index contributed by atoms with van der Waals surface area (Å²) in [6, 6.07) is 12.8. The Morgan fingerprint density at radius 3 is 2.71 bits per heavy atom. The Labute approximate surface area is 84.6 Å². The van der Waals surface area contributed by atoms with E-state index in [2.05, 4.69) is 35.7 Å². The van der Waals surface area contributed by atoms with E-state index >= 15 is 0 Å². The van der Waals surface area contributed by atoms with Crippen molar-refractivity contribution in [2.24, 2.45) is 5.92 Å². The molecule has 0 spiro atoms. The molecular weight excluding hydrogens is 172 g/mol. The third-order valence-corrected chi connectivity index (χ3v) is 2.80. The van der Waals surface area contributed by atoms with E-state index < -0.39 is 0 Å². The van der Waals surface area contributed by atoms with Crippen LogP contribution in [0.1, 0.15) is 17.9 Å². The number of hydrogen-bond donors (Lipinski definition) is 1. The van der Waals surface area contributed by atoms with E-state index in [0.29, 0.717) is 5.92 Å². The summed E-state index contributed by atoms with van der Waals surface area (Å²) in [5.41, 5.74) is 1.35. The molecule has 0 amide bonds. The van der Waals surface area contributed by atoms with Crippen molar-refractivity contribution in [2.75, 3.05) is 13.1 Å². The molecule has 72 valence electrons. The van der Waals surface area contributed by atoms with E-state index in [1.54, 1.807) is 0 Å². The van der Waals surface area contributed by atoms with Crippen molar-refractivity contribution in [1.29, 1.82) is 5.26 Å². The average molecular weight is 186 g/mol. The normalized spacial score (nSPS) is 26.8. The van der Waals surface area contributed by atoms with E-state index in [-0.39, 0.29) is 5.92 Å². The molecule has 0 aliphatic carbocycles. The molecule has 0 saturated carbocycles. The molecule has 1 aromatic rings. The average Bonchev–Trinajstić information content (AvgIpc) is 2.30. The summed E-state index contributed by atoms with van der Waals surface area (Å²) in [6.07, 6.45) is 0.994. The van der Waals surface area contributed by atoms with Crippen LogP contribution < -0.4 is 5.32 Å². The van der Waals surface area contributed by atoms with Gasteiger partial charge in [-0.15, -0.1) is 0 Å². The van der Waals surface area contributed by atoms with E-state index in [9.17, 15) is 0 Å². The van der Waals surface area contributed by atoms with Gasteiger partial charge in [0.1, 0.15) is 0 Å². The van der Waals surface area contributed by atoms with E-state index in [1.165, 1.54) is 5.56 Å². The SMILES string of the molecule is N#CC1CNCC(c2ccccc2)C1. The minimum absolute atomic E-state index is 0.175. The molecule has 2 heteroatoms. The number of hydrogen-bond acceptors (Lipinski definition) is 2. The van der Waals surface area contributed by atoms with Gasteiger partial charge in [0.25, 0.3) is 0 Å². The Kier molecular flexibility index (Phi) is 2.81. The molecule has 1 aromatic carbocycles. The van der Waals surface area contributed by atoms with Crippen LogP contribution >= 0.6 is 0 Å². The van der Waals surface area contributed by atoms with Crippen LogP contribution in [0.5, 0.6) is 0 Å². The van der Waals surface area contributed by atoms with Crippen molar-refractivity contribution in [2.45, 2.75) is 12.3 Å². The third-order valence-electron chi connectivity index (χ3n) is 2.80. The van der Waals surface area contributed by atoms with Crippen molar-refractivity contribution in [3.05, 3.63) is 35.9 Å². The van der Waals surface area contributed by atoms with Gasteiger partial charge in [0, 0.05) is 13.1 Å². The Hall–Kier alpha value is -1.33. The molecule has 14 heavy (non-hydrogen) atoms. The van der Waals surface area contributed by atoms with Crippen LogP contribution in [0, 0.1) is 17.2 Å². The zero-order chi connectivity index (χ0) is 9.80.